The lowest BCUT2D eigenvalue weighted by Crippen LogP contribution is -2.30. The lowest BCUT2D eigenvalue weighted by molar-refractivity contribution is 0.0920. The Morgan fingerprint density at radius 1 is 1.18 bits per heavy atom. The number of rotatable bonds is 4. The molecule has 94 valence electrons. The van der Waals surface area contributed by atoms with E-state index in [2.05, 4.69) is 43.3 Å². The highest BCUT2D eigenvalue weighted by Crippen LogP contribution is 2.28. The zero-order valence-electron chi connectivity index (χ0n) is 10.9. The minimum Gasteiger partial charge on any atom is -0.392 e. The normalized spacial score (nSPS) is 23.8. The molecule has 0 aliphatic heterocycles. The minimum absolute atomic E-state index is 0.146. The zero-order chi connectivity index (χ0) is 12.3. The van der Waals surface area contributed by atoms with E-state index in [0.29, 0.717) is 5.92 Å². The monoisotopic (exact) mass is 233 g/mol. The third kappa shape index (κ3) is 3.30. The molecule has 1 aromatic rings. The van der Waals surface area contributed by atoms with Crippen LogP contribution in [0.1, 0.15) is 24.0 Å². The van der Waals surface area contributed by atoms with E-state index in [-0.39, 0.29) is 6.10 Å². The Kier molecular flexibility index (Phi) is 4.19. The molecular formula is C15H23NO. The molecule has 2 nitrogen and oxygen atoms in total. The Morgan fingerprint density at radius 3 is 2.47 bits per heavy atom. The van der Waals surface area contributed by atoms with Crippen molar-refractivity contribution in [2.45, 2.75) is 31.8 Å². The molecule has 2 atom stereocenters. The summed E-state index contributed by atoms with van der Waals surface area (Å²) in [4.78, 5) is 2.21. The number of benzene rings is 1. The van der Waals surface area contributed by atoms with Gasteiger partial charge in [-0.2, -0.15) is 0 Å². The van der Waals surface area contributed by atoms with Crippen LogP contribution in [0.2, 0.25) is 0 Å². The number of fused-ring (bicyclic) bond motifs is 1. The fourth-order valence-corrected chi connectivity index (χ4v) is 2.73. The summed E-state index contributed by atoms with van der Waals surface area (Å²) in [6.07, 6.45) is 4.05. The number of hydrogen-bond acceptors (Lipinski definition) is 2. The van der Waals surface area contributed by atoms with E-state index in [1.54, 1.807) is 0 Å². The fourth-order valence-electron chi connectivity index (χ4n) is 2.73. The van der Waals surface area contributed by atoms with Gasteiger partial charge in [-0.3, -0.25) is 0 Å². The SMILES string of the molecule is CN(C)CCC[C@H]1Cc2ccccc2C[C@@H]1O. The first-order valence-electron chi connectivity index (χ1n) is 6.56. The van der Waals surface area contributed by atoms with Crippen LogP contribution in [0.15, 0.2) is 24.3 Å². The van der Waals surface area contributed by atoms with Crippen molar-refractivity contribution < 1.29 is 5.11 Å². The molecule has 17 heavy (non-hydrogen) atoms. The van der Waals surface area contributed by atoms with E-state index in [1.807, 2.05) is 0 Å². The van der Waals surface area contributed by atoms with Crippen LogP contribution in [0.3, 0.4) is 0 Å². The van der Waals surface area contributed by atoms with Crippen molar-refractivity contribution >= 4 is 0 Å². The van der Waals surface area contributed by atoms with Gasteiger partial charge in [0, 0.05) is 0 Å². The highest BCUT2D eigenvalue weighted by molar-refractivity contribution is 5.30. The summed E-state index contributed by atoms with van der Waals surface area (Å²) in [6, 6.07) is 8.53. The van der Waals surface area contributed by atoms with Gasteiger partial charge in [-0.05, 0) is 63.4 Å². The predicted molar refractivity (Wildman–Crippen MR) is 71.1 cm³/mol. The van der Waals surface area contributed by atoms with Crippen LogP contribution in [0.5, 0.6) is 0 Å². The molecule has 0 amide bonds. The zero-order valence-corrected chi connectivity index (χ0v) is 10.9. The van der Waals surface area contributed by atoms with Gasteiger partial charge in [0.15, 0.2) is 0 Å². The summed E-state index contributed by atoms with van der Waals surface area (Å²) in [6.45, 7) is 1.12. The highest BCUT2D eigenvalue weighted by atomic mass is 16.3. The second-order valence-corrected chi connectivity index (χ2v) is 5.45. The molecule has 0 bridgehead atoms. The maximum atomic E-state index is 10.2. The summed E-state index contributed by atoms with van der Waals surface area (Å²) in [5.74, 6) is 0.449. The quantitative estimate of drug-likeness (QED) is 0.861. The van der Waals surface area contributed by atoms with Crippen molar-refractivity contribution in [3.63, 3.8) is 0 Å². The topological polar surface area (TPSA) is 23.5 Å². The average molecular weight is 233 g/mol. The second kappa shape index (κ2) is 5.65. The summed E-state index contributed by atoms with van der Waals surface area (Å²) in [5.41, 5.74) is 2.77. The average Bonchev–Trinajstić information content (AvgIpc) is 2.29. The Balaban J connectivity index is 1.93. The first-order chi connectivity index (χ1) is 8.16. The highest BCUT2D eigenvalue weighted by Gasteiger charge is 2.25. The smallest absolute Gasteiger partial charge is 0.0611 e. The van der Waals surface area contributed by atoms with E-state index >= 15 is 0 Å². The van der Waals surface area contributed by atoms with Gasteiger partial charge >= 0.3 is 0 Å². The molecule has 0 heterocycles. The van der Waals surface area contributed by atoms with Crippen LogP contribution in [0.4, 0.5) is 0 Å². The van der Waals surface area contributed by atoms with E-state index in [0.717, 1.165) is 25.8 Å². The molecule has 0 unspecified atom stereocenters. The minimum atomic E-state index is -0.146. The summed E-state index contributed by atoms with van der Waals surface area (Å²) < 4.78 is 0. The van der Waals surface area contributed by atoms with Gasteiger partial charge in [0.25, 0.3) is 0 Å². The maximum Gasteiger partial charge on any atom is 0.0611 e. The van der Waals surface area contributed by atoms with Gasteiger partial charge in [0.05, 0.1) is 6.10 Å². The summed E-state index contributed by atoms with van der Waals surface area (Å²) in [5, 5.41) is 10.2. The number of hydrogen-bond donors (Lipinski definition) is 1. The molecule has 0 saturated carbocycles. The first-order valence-corrected chi connectivity index (χ1v) is 6.56. The van der Waals surface area contributed by atoms with E-state index in [1.165, 1.54) is 17.5 Å². The molecule has 0 radical (unpaired) electrons. The number of aliphatic hydroxyl groups is 1. The molecule has 0 aromatic heterocycles. The van der Waals surface area contributed by atoms with E-state index in [4.69, 9.17) is 0 Å². The van der Waals surface area contributed by atoms with Crippen LogP contribution in [0, 0.1) is 5.92 Å². The molecule has 0 spiro atoms. The number of nitrogens with zero attached hydrogens (tertiary/aromatic N) is 1. The maximum absolute atomic E-state index is 10.2. The van der Waals surface area contributed by atoms with Crippen LogP contribution in [0.25, 0.3) is 0 Å². The van der Waals surface area contributed by atoms with Crippen LogP contribution in [-0.4, -0.2) is 36.8 Å². The van der Waals surface area contributed by atoms with Gasteiger partial charge in [0.1, 0.15) is 0 Å². The van der Waals surface area contributed by atoms with Crippen molar-refractivity contribution in [2.75, 3.05) is 20.6 Å². The Morgan fingerprint density at radius 2 is 1.82 bits per heavy atom. The molecule has 1 aliphatic carbocycles. The van der Waals surface area contributed by atoms with Crippen molar-refractivity contribution in [3.8, 4) is 0 Å². The second-order valence-electron chi connectivity index (χ2n) is 5.45. The van der Waals surface area contributed by atoms with Gasteiger partial charge in [-0.15, -0.1) is 0 Å². The Bertz CT molecular complexity index is 362. The molecule has 1 aromatic carbocycles. The summed E-state index contributed by atoms with van der Waals surface area (Å²) in [7, 11) is 4.21. The van der Waals surface area contributed by atoms with Crippen LogP contribution >= 0.6 is 0 Å². The molecule has 2 heteroatoms. The van der Waals surface area contributed by atoms with Gasteiger partial charge in [-0.1, -0.05) is 24.3 Å². The molecule has 1 N–H and O–H groups in total. The lowest BCUT2D eigenvalue weighted by atomic mass is 9.79. The van der Waals surface area contributed by atoms with Crippen molar-refractivity contribution in [2.24, 2.45) is 5.92 Å². The van der Waals surface area contributed by atoms with Crippen LogP contribution in [-0.2, 0) is 12.8 Å². The molecular weight excluding hydrogens is 210 g/mol. The van der Waals surface area contributed by atoms with E-state index in [9.17, 15) is 5.11 Å². The third-order valence-electron chi connectivity index (χ3n) is 3.75. The Labute approximate surface area is 104 Å². The first kappa shape index (κ1) is 12.6. The predicted octanol–water partition coefficient (Wildman–Crippen LogP) is 2.10. The largest absolute Gasteiger partial charge is 0.392 e. The van der Waals surface area contributed by atoms with Gasteiger partial charge in [-0.25, -0.2) is 0 Å². The van der Waals surface area contributed by atoms with Gasteiger partial charge < -0.3 is 10.0 Å². The van der Waals surface area contributed by atoms with Gasteiger partial charge in [0.2, 0.25) is 0 Å². The fraction of sp³-hybridized carbons (Fsp3) is 0.600. The summed E-state index contributed by atoms with van der Waals surface area (Å²) >= 11 is 0. The molecule has 1 aliphatic rings. The third-order valence-corrected chi connectivity index (χ3v) is 3.75. The Hall–Kier alpha value is -0.860. The molecule has 0 fully saturated rings. The van der Waals surface area contributed by atoms with Crippen molar-refractivity contribution in [1.29, 1.82) is 0 Å². The number of aliphatic hydroxyl groups excluding tert-OH is 1. The molecule has 0 saturated heterocycles. The molecule has 2 rings (SSSR count). The van der Waals surface area contributed by atoms with E-state index < -0.39 is 0 Å². The lowest BCUT2D eigenvalue weighted by Gasteiger charge is -2.30. The van der Waals surface area contributed by atoms with Crippen molar-refractivity contribution in [3.05, 3.63) is 35.4 Å². The standard InChI is InChI=1S/C15H23NO/c1-16(2)9-5-8-14-10-12-6-3-4-7-13(12)11-15(14)17/h3-4,6-7,14-15,17H,5,8-11H2,1-2H3/t14-,15-/m0/s1. The van der Waals surface area contributed by atoms with Crippen LogP contribution < -0.4 is 0 Å². The van der Waals surface area contributed by atoms with Crippen molar-refractivity contribution in [1.82, 2.24) is 4.90 Å².